The fraction of sp³-hybridized carbons (Fsp3) is 0.242. The van der Waals surface area contributed by atoms with Gasteiger partial charge in [-0.3, -0.25) is 4.98 Å². The van der Waals surface area contributed by atoms with Crippen molar-refractivity contribution in [3.63, 3.8) is 0 Å². The smallest absolute Gasteiger partial charge is 0.412 e. The minimum absolute atomic E-state index is 0.230. The fourth-order valence-corrected chi connectivity index (χ4v) is 4.98. The maximum atomic E-state index is 12.6. The zero-order valence-corrected chi connectivity index (χ0v) is 26.1. The van der Waals surface area contributed by atoms with Gasteiger partial charge >= 0.3 is 6.09 Å². The molecule has 1 N–H and O–H groups in total. The van der Waals surface area contributed by atoms with Gasteiger partial charge < -0.3 is 19.5 Å². The molecule has 0 spiro atoms. The molecule has 0 bridgehead atoms. The first-order valence-corrected chi connectivity index (χ1v) is 18.1. The van der Waals surface area contributed by atoms with Crippen LogP contribution < -0.4 is 14.8 Å². The highest BCUT2D eigenvalue weighted by Crippen LogP contribution is 2.35. The van der Waals surface area contributed by atoms with Gasteiger partial charge in [0.2, 0.25) is 5.82 Å². The summed E-state index contributed by atoms with van der Waals surface area (Å²) < 4.78 is 17.6. The SMILES string of the molecule is C[Si](C)(C)CCOCn1nnc(-c2cncc(-c3cc(OC(=O)NCc4ccccc4)ccc3OCc3ccccc3)c2)n1. The number of pyridine rings is 1. The van der Waals surface area contributed by atoms with Crippen molar-refractivity contribution in [1.29, 1.82) is 0 Å². The Morgan fingerprint density at radius 1 is 0.886 bits per heavy atom. The number of nitrogens with one attached hydrogen (secondary N) is 1. The van der Waals surface area contributed by atoms with Crippen LogP contribution in [-0.2, 0) is 24.6 Å². The summed E-state index contributed by atoms with van der Waals surface area (Å²) in [5.74, 6) is 1.40. The van der Waals surface area contributed by atoms with E-state index < -0.39 is 14.2 Å². The van der Waals surface area contributed by atoms with E-state index in [9.17, 15) is 4.79 Å². The lowest BCUT2D eigenvalue weighted by molar-refractivity contribution is 0.0674. The summed E-state index contributed by atoms with van der Waals surface area (Å²) in [5.41, 5.74) is 4.12. The maximum Gasteiger partial charge on any atom is 0.412 e. The zero-order chi connectivity index (χ0) is 30.8. The third-order valence-electron chi connectivity index (χ3n) is 6.64. The van der Waals surface area contributed by atoms with Gasteiger partial charge in [-0.1, -0.05) is 80.3 Å². The van der Waals surface area contributed by atoms with Gasteiger partial charge in [0.25, 0.3) is 0 Å². The molecule has 10 nitrogen and oxygen atoms in total. The van der Waals surface area contributed by atoms with E-state index in [2.05, 4.69) is 45.4 Å². The Morgan fingerprint density at radius 3 is 2.36 bits per heavy atom. The van der Waals surface area contributed by atoms with Crippen LogP contribution in [0.15, 0.2) is 97.3 Å². The maximum absolute atomic E-state index is 12.6. The summed E-state index contributed by atoms with van der Waals surface area (Å²) >= 11 is 0. The molecule has 44 heavy (non-hydrogen) atoms. The molecule has 0 aliphatic heterocycles. The van der Waals surface area contributed by atoms with Crippen molar-refractivity contribution in [1.82, 2.24) is 30.5 Å². The average Bonchev–Trinajstić information content (AvgIpc) is 3.51. The molecular weight excluding hydrogens is 572 g/mol. The van der Waals surface area contributed by atoms with E-state index in [0.29, 0.717) is 48.2 Å². The highest BCUT2D eigenvalue weighted by Gasteiger charge is 2.16. The van der Waals surface area contributed by atoms with Gasteiger partial charge in [0.1, 0.15) is 18.1 Å². The van der Waals surface area contributed by atoms with Crippen LogP contribution in [0.5, 0.6) is 11.5 Å². The normalized spacial score (nSPS) is 11.2. The highest BCUT2D eigenvalue weighted by atomic mass is 28.3. The first-order valence-electron chi connectivity index (χ1n) is 14.4. The predicted molar refractivity (Wildman–Crippen MR) is 171 cm³/mol. The number of carbonyl (C=O) groups is 1. The van der Waals surface area contributed by atoms with E-state index in [4.69, 9.17) is 14.2 Å². The Hall–Kier alpha value is -4.87. The molecule has 226 valence electrons. The second kappa shape index (κ2) is 14.5. The van der Waals surface area contributed by atoms with Crippen LogP contribution in [0, 0.1) is 0 Å². The Labute approximate surface area is 258 Å². The third kappa shape index (κ3) is 9.06. The van der Waals surface area contributed by atoms with Crippen LogP contribution in [-0.4, -0.2) is 46.0 Å². The number of ether oxygens (including phenoxy) is 3. The van der Waals surface area contributed by atoms with Gasteiger partial charge in [0, 0.05) is 50.3 Å². The summed E-state index contributed by atoms with van der Waals surface area (Å²) in [5, 5.41) is 15.6. The van der Waals surface area contributed by atoms with Gasteiger partial charge in [0.15, 0.2) is 6.73 Å². The lowest BCUT2D eigenvalue weighted by Crippen LogP contribution is -2.26. The summed E-state index contributed by atoms with van der Waals surface area (Å²) in [6.45, 7) is 8.54. The molecule has 0 fully saturated rings. The highest BCUT2D eigenvalue weighted by molar-refractivity contribution is 6.76. The molecular formula is C33H36N6O4Si. The Morgan fingerprint density at radius 2 is 1.61 bits per heavy atom. The van der Waals surface area contributed by atoms with Gasteiger partial charge in [-0.25, -0.2) is 4.79 Å². The van der Waals surface area contributed by atoms with Crippen LogP contribution in [0.3, 0.4) is 0 Å². The first-order chi connectivity index (χ1) is 21.3. The average molecular weight is 609 g/mol. The Bertz CT molecular complexity index is 1660. The van der Waals surface area contributed by atoms with Crippen molar-refractivity contribution in [2.45, 2.75) is 45.6 Å². The van der Waals surface area contributed by atoms with Gasteiger partial charge in [-0.2, -0.15) is 0 Å². The van der Waals surface area contributed by atoms with Crippen molar-refractivity contribution >= 4 is 14.2 Å². The standard InChI is InChI=1S/C33H36N6O4Si/c1-44(2,3)17-16-41-24-39-37-32(36-38-39)28-18-27(21-34-22-28)30-19-29(43-33(40)35-20-25-10-6-4-7-11-25)14-15-31(30)42-23-26-12-8-5-9-13-26/h4-15,18-19,21-22H,16-17,20,23-24H2,1-3H3,(H,35,40). The minimum Gasteiger partial charge on any atom is -0.488 e. The number of rotatable bonds is 13. The number of benzene rings is 3. The summed E-state index contributed by atoms with van der Waals surface area (Å²) in [7, 11) is -1.18. The molecule has 0 radical (unpaired) electrons. The van der Waals surface area contributed by atoms with Crippen molar-refractivity contribution in [2.75, 3.05) is 6.61 Å². The minimum atomic E-state index is -1.18. The Kier molecular flexibility index (Phi) is 10.1. The van der Waals surface area contributed by atoms with Crippen LogP contribution >= 0.6 is 0 Å². The molecule has 3 aromatic carbocycles. The number of aromatic nitrogens is 5. The quantitative estimate of drug-likeness (QED) is 0.118. The number of carbonyl (C=O) groups excluding carboxylic acids is 1. The van der Waals surface area contributed by atoms with Crippen LogP contribution in [0.25, 0.3) is 22.5 Å². The van der Waals surface area contributed by atoms with E-state index in [1.54, 1.807) is 30.6 Å². The lowest BCUT2D eigenvalue weighted by atomic mass is 10.0. The van der Waals surface area contributed by atoms with Gasteiger partial charge in [0.05, 0.1) is 0 Å². The number of hydrogen-bond donors (Lipinski definition) is 1. The second-order valence-corrected chi connectivity index (χ2v) is 17.1. The van der Waals surface area contributed by atoms with Crippen LogP contribution in [0.4, 0.5) is 4.79 Å². The molecule has 11 heteroatoms. The number of tetrazole rings is 1. The van der Waals surface area contributed by atoms with Crippen molar-refractivity contribution in [3.05, 3.63) is 108 Å². The van der Waals surface area contributed by atoms with Gasteiger partial charge in [-0.05, 0) is 46.6 Å². The van der Waals surface area contributed by atoms with Crippen molar-refractivity contribution in [3.8, 4) is 34.0 Å². The molecule has 2 aromatic heterocycles. The molecule has 0 aliphatic rings. The van der Waals surface area contributed by atoms with E-state index in [-0.39, 0.29) is 6.73 Å². The number of nitrogens with zero attached hydrogens (tertiary/aromatic N) is 5. The molecule has 5 rings (SSSR count). The Balaban J connectivity index is 1.34. The molecule has 0 unspecified atom stereocenters. The third-order valence-corrected chi connectivity index (χ3v) is 8.35. The summed E-state index contributed by atoms with van der Waals surface area (Å²) in [4.78, 5) is 18.5. The van der Waals surface area contributed by atoms with E-state index in [1.165, 1.54) is 4.80 Å². The summed E-state index contributed by atoms with van der Waals surface area (Å²) in [6, 6.07) is 27.8. The molecule has 0 saturated carbocycles. The largest absolute Gasteiger partial charge is 0.488 e. The molecule has 0 saturated heterocycles. The predicted octanol–water partition coefficient (Wildman–Crippen LogP) is 6.58. The summed E-state index contributed by atoms with van der Waals surface area (Å²) in [6.07, 6.45) is 2.84. The van der Waals surface area contributed by atoms with E-state index in [0.717, 1.165) is 22.7 Å². The fourth-order valence-electron chi connectivity index (χ4n) is 4.22. The zero-order valence-electron chi connectivity index (χ0n) is 25.1. The van der Waals surface area contributed by atoms with Gasteiger partial charge in [-0.15, -0.1) is 15.0 Å². The second-order valence-electron chi connectivity index (χ2n) is 11.5. The van der Waals surface area contributed by atoms with Crippen molar-refractivity contribution in [2.24, 2.45) is 0 Å². The monoisotopic (exact) mass is 608 g/mol. The molecule has 1 amide bonds. The van der Waals surface area contributed by atoms with Crippen LogP contribution in [0.1, 0.15) is 11.1 Å². The topological polar surface area (TPSA) is 113 Å². The lowest BCUT2D eigenvalue weighted by Gasteiger charge is -2.14. The van der Waals surface area contributed by atoms with E-state index in [1.807, 2.05) is 66.7 Å². The first kappa shape index (κ1) is 30.6. The number of amides is 1. The molecule has 2 heterocycles. The molecule has 0 aliphatic carbocycles. The van der Waals surface area contributed by atoms with E-state index >= 15 is 0 Å². The molecule has 0 atom stereocenters. The van der Waals surface area contributed by atoms with Crippen molar-refractivity contribution < 1.29 is 19.0 Å². The molecule has 5 aromatic rings. The van der Waals surface area contributed by atoms with Crippen LogP contribution in [0.2, 0.25) is 25.7 Å². The number of hydrogen-bond acceptors (Lipinski definition) is 8.